The summed E-state index contributed by atoms with van der Waals surface area (Å²) in [6.45, 7) is 2.26. The fourth-order valence-electron chi connectivity index (χ4n) is 2.97. The molecule has 0 heterocycles. The monoisotopic (exact) mass is 306 g/mol. The number of aryl methyl sites for hydroxylation is 1. The van der Waals surface area contributed by atoms with Crippen molar-refractivity contribution in [2.75, 3.05) is 0 Å². The summed E-state index contributed by atoms with van der Waals surface area (Å²) < 4.78 is 40.4. The summed E-state index contributed by atoms with van der Waals surface area (Å²) in [5, 5.41) is 0. The maximum absolute atomic E-state index is 12.2. The van der Waals surface area contributed by atoms with Crippen LogP contribution in [0.2, 0.25) is 0 Å². The van der Waals surface area contributed by atoms with Crippen molar-refractivity contribution in [1.29, 1.82) is 0 Å². The molecule has 4 heteroatoms. The molecule has 116 valence electrons. The lowest BCUT2D eigenvalue weighted by atomic mass is 9.83. The van der Waals surface area contributed by atoms with Crippen LogP contribution in [0.5, 0.6) is 5.75 Å². The minimum absolute atomic E-state index is 0.192. The van der Waals surface area contributed by atoms with Crippen LogP contribution in [0.15, 0.2) is 42.5 Å². The van der Waals surface area contributed by atoms with Crippen molar-refractivity contribution >= 4 is 0 Å². The lowest BCUT2D eigenvalue weighted by Gasteiger charge is -2.22. The van der Waals surface area contributed by atoms with E-state index < -0.39 is 6.36 Å². The summed E-state index contributed by atoms with van der Waals surface area (Å²) in [6, 6.07) is 12.4. The van der Waals surface area contributed by atoms with Gasteiger partial charge in [0.2, 0.25) is 0 Å². The third kappa shape index (κ3) is 3.43. The molecular weight excluding hydrogens is 289 g/mol. The minimum atomic E-state index is -4.65. The van der Waals surface area contributed by atoms with Crippen LogP contribution >= 0.6 is 0 Å². The Bertz CT molecular complexity index is 659. The highest BCUT2D eigenvalue weighted by atomic mass is 19.4. The van der Waals surface area contributed by atoms with Gasteiger partial charge in [-0.3, -0.25) is 0 Å². The Kier molecular flexibility index (Phi) is 3.85. The Morgan fingerprint density at radius 3 is 2.32 bits per heavy atom. The summed E-state index contributed by atoms with van der Waals surface area (Å²) in [5.74, 6) is 0.528. The van der Waals surface area contributed by atoms with Crippen molar-refractivity contribution in [3.8, 4) is 16.9 Å². The quantitative estimate of drug-likeness (QED) is 0.724. The lowest BCUT2D eigenvalue weighted by Crippen LogP contribution is -2.16. The standard InChI is InChI=1S/C18H17F3O/c1-12-2-3-16-11-15(5-4-14(16)10-12)13-6-8-17(9-7-13)22-18(19,20)21/h4-9,11-12H,2-3,10H2,1H3. The van der Waals surface area contributed by atoms with Gasteiger partial charge in [-0.15, -0.1) is 13.2 Å². The molecule has 22 heavy (non-hydrogen) atoms. The largest absolute Gasteiger partial charge is 0.573 e. The van der Waals surface area contributed by atoms with E-state index in [2.05, 4.69) is 23.8 Å². The zero-order chi connectivity index (χ0) is 15.7. The number of ether oxygens (including phenoxy) is 1. The minimum Gasteiger partial charge on any atom is -0.406 e. The van der Waals surface area contributed by atoms with Gasteiger partial charge in [0.05, 0.1) is 0 Å². The Morgan fingerprint density at radius 1 is 0.955 bits per heavy atom. The number of alkyl halides is 3. The molecule has 2 aromatic rings. The van der Waals surface area contributed by atoms with E-state index in [0.717, 1.165) is 29.9 Å². The van der Waals surface area contributed by atoms with E-state index in [4.69, 9.17) is 0 Å². The van der Waals surface area contributed by atoms with Gasteiger partial charge >= 0.3 is 6.36 Å². The van der Waals surface area contributed by atoms with Gasteiger partial charge in [0.15, 0.2) is 0 Å². The zero-order valence-corrected chi connectivity index (χ0v) is 12.3. The number of rotatable bonds is 2. The Hall–Kier alpha value is -1.97. The van der Waals surface area contributed by atoms with Crippen molar-refractivity contribution in [3.63, 3.8) is 0 Å². The molecule has 0 aliphatic heterocycles. The highest BCUT2D eigenvalue weighted by molar-refractivity contribution is 5.65. The maximum Gasteiger partial charge on any atom is 0.573 e. The third-order valence-electron chi connectivity index (χ3n) is 4.10. The van der Waals surface area contributed by atoms with E-state index in [0.29, 0.717) is 0 Å². The van der Waals surface area contributed by atoms with Gasteiger partial charge in [-0.1, -0.05) is 37.3 Å². The first-order valence-corrected chi connectivity index (χ1v) is 7.39. The molecule has 0 bridgehead atoms. The summed E-state index contributed by atoms with van der Waals surface area (Å²) in [6.07, 6.45) is -1.29. The topological polar surface area (TPSA) is 9.23 Å². The number of fused-ring (bicyclic) bond motifs is 1. The first kappa shape index (κ1) is 14.9. The molecule has 0 saturated heterocycles. The Balaban J connectivity index is 1.82. The van der Waals surface area contributed by atoms with Crippen molar-refractivity contribution < 1.29 is 17.9 Å². The second kappa shape index (κ2) is 5.67. The van der Waals surface area contributed by atoms with Gasteiger partial charge in [0.25, 0.3) is 0 Å². The van der Waals surface area contributed by atoms with Crippen molar-refractivity contribution in [3.05, 3.63) is 53.6 Å². The molecule has 0 saturated carbocycles. The molecule has 1 nitrogen and oxygen atoms in total. The molecule has 0 radical (unpaired) electrons. The number of halogens is 3. The molecule has 1 unspecified atom stereocenters. The van der Waals surface area contributed by atoms with Gasteiger partial charge in [-0.25, -0.2) is 0 Å². The maximum atomic E-state index is 12.2. The van der Waals surface area contributed by atoms with Crippen LogP contribution in [0.1, 0.15) is 24.5 Å². The van der Waals surface area contributed by atoms with Crippen molar-refractivity contribution in [2.45, 2.75) is 32.5 Å². The summed E-state index contributed by atoms with van der Waals surface area (Å²) in [7, 11) is 0. The van der Waals surface area contributed by atoms with Crippen LogP contribution < -0.4 is 4.74 Å². The smallest absolute Gasteiger partial charge is 0.406 e. The van der Waals surface area contributed by atoms with Gasteiger partial charge in [0.1, 0.15) is 5.75 Å². The zero-order valence-electron chi connectivity index (χ0n) is 12.3. The molecule has 0 spiro atoms. The first-order valence-electron chi connectivity index (χ1n) is 7.39. The Labute approximate surface area is 127 Å². The molecule has 0 N–H and O–H groups in total. The van der Waals surface area contributed by atoms with Crippen molar-refractivity contribution in [2.24, 2.45) is 5.92 Å². The summed E-state index contributed by atoms with van der Waals surface area (Å²) >= 11 is 0. The van der Waals surface area contributed by atoms with Gasteiger partial charge < -0.3 is 4.74 Å². The van der Waals surface area contributed by atoms with Gasteiger partial charge in [0, 0.05) is 0 Å². The molecule has 1 atom stereocenters. The van der Waals surface area contributed by atoms with Crippen LogP contribution in [0.25, 0.3) is 11.1 Å². The van der Waals surface area contributed by atoms with Gasteiger partial charge in [-0.05, 0) is 59.6 Å². The molecule has 0 amide bonds. The first-order chi connectivity index (χ1) is 10.4. The predicted molar refractivity (Wildman–Crippen MR) is 79.8 cm³/mol. The predicted octanol–water partition coefficient (Wildman–Crippen LogP) is 5.38. The van der Waals surface area contributed by atoms with E-state index in [-0.39, 0.29) is 5.75 Å². The average Bonchev–Trinajstić information content (AvgIpc) is 2.46. The number of benzene rings is 2. The number of hydrogen-bond donors (Lipinski definition) is 0. The van der Waals surface area contributed by atoms with E-state index in [1.807, 2.05) is 6.07 Å². The third-order valence-corrected chi connectivity index (χ3v) is 4.10. The van der Waals surface area contributed by atoms with Crippen molar-refractivity contribution in [1.82, 2.24) is 0 Å². The average molecular weight is 306 g/mol. The van der Waals surface area contributed by atoms with E-state index in [9.17, 15) is 13.2 Å². The second-order valence-corrected chi connectivity index (χ2v) is 5.90. The van der Waals surface area contributed by atoms with Gasteiger partial charge in [-0.2, -0.15) is 0 Å². The second-order valence-electron chi connectivity index (χ2n) is 5.90. The molecule has 0 aromatic heterocycles. The fraction of sp³-hybridized carbons (Fsp3) is 0.333. The normalized spacial score (nSPS) is 17.9. The summed E-state index contributed by atoms with van der Waals surface area (Å²) in [4.78, 5) is 0. The van der Waals surface area contributed by atoms with Crippen LogP contribution in [-0.2, 0) is 12.8 Å². The van der Waals surface area contributed by atoms with E-state index in [1.54, 1.807) is 12.1 Å². The van der Waals surface area contributed by atoms with Crippen LogP contribution in [0.3, 0.4) is 0 Å². The van der Waals surface area contributed by atoms with Crippen LogP contribution in [0, 0.1) is 5.92 Å². The lowest BCUT2D eigenvalue weighted by molar-refractivity contribution is -0.274. The molecular formula is C18H17F3O. The summed E-state index contributed by atoms with van der Waals surface area (Å²) in [5.41, 5.74) is 4.67. The molecule has 2 aromatic carbocycles. The van der Waals surface area contributed by atoms with Crippen LogP contribution in [0.4, 0.5) is 13.2 Å². The Morgan fingerprint density at radius 2 is 1.64 bits per heavy atom. The molecule has 1 aliphatic rings. The van der Waals surface area contributed by atoms with E-state index >= 15 is 0 Å². The molecule has 1 aliphatic carbocycles. The molecule has 0 fully saturated rings. The SMILES string of the molecule is CC1CCc2cc(-c3ccc(OC(F)(F)F)cc3)ccc2C1. The fourth-order valence-corrected chi connectivity index (χ4v) is 2.97. The highest BCUT2D eigenvalue weighted by Gasteiger charge is 2.30. The van der Waals surface area contributed by atoms with E-state index in [1.165, 1.54) is 29.7 Å². The highest BCUT2D eigenvalue weighted by Crippen LogP contribution is 2.31. The number of hydrogen-bond acceptors (Lipinski definition) is 1. The van der Waals surface area contributed by atoms with Crippen LogP contribution in [-0.4, -0.2) is 6.36 Å². The molecule has 3 rings (SSSR count).